The van der Waals surface area contributed by atoms with Crippen molar-refractivity contribution in [1.82, 2.24) is 4.98 Å². The van der Waals surface area contributed by atoms with Crippen molar-refractivity contribution in [3.8, 4) is 11.3 Å². The predicted molar refractivity (Wildman–Crippen MR) is 97.9 cm³/mol. The number of hydrogen-bond donors (Lipinski definition) is 1. The summed E-state index contributed by atoms with van der Waals surface area (Å²) < 4.78 is 38.8. The smallest absolute Gasteiger partial charge is 0.253 e. The number of benzene rings is 2. The number of hydrazone groups is 1. The van der Waals surface area contributed by atoms with E-state index in [9.17, 15) is 13.2 Å². The SMILES string of the molecule is FC(F)(F)c1ccc(Br)c(C=NNc2nc(-c3ccccc3)cs2)c1. The minimum absolute atomic E-state index is 0.321. The van der Waals surface area contributed by atoms with E-state index in [2.05, 4.69) is 31.4 Å². The van der Waals surface area contributed by atoms with Crippen LogP contribution in [0.3, 0.4) is 0 Å². The van der Waals surface area contributed by atoms with Gasteiger partial charge in [-0.25, -0.2) is 4.98 Å². The Morgan fingerprint density at radius 3 is 2.60 bits per heavy atom. The molecule has 0 saturated heterocycles. The number of thiazole rings is 1. The maximum Gasteiger partial charge on any atom is 0.416 e. The number of anilines is 1. The number of aromatic nitrogens is 1. The molecule has 0 aliphatic carbocycles. The van der Waals surface area contributed by atoms with Gasteiger partial charge in [0.05, 0.1) is 17.5 Å². The summed E-state index contributed by atoms with van der Waals surface area (Å²) in [6, 6.07) is 13.1. The molecule has 0 aliphatic heterocycles. The molecule has 2 aromatic carbocycles. The van der Waals surface area contributed by atoms with Crippen LogP contribution in [-0.2, 0) is 6.18 Å². The van der Waals surface area contributed by atoms with Crippen LogP contribution in [0.15, 0.2) is 63.5 Å². The molecule has 3 nitrogen and oxygen atoms in total. The van der Waals surface area contributed by atoms with E-state index in [-0.39, 0.29) is 0 Å². The summed E-state index contributed by atoms with van der Waals surface area (Å²) in [7, 11) is 0. The molecule has 1 heterocycles. The lowest BCUT2D eigenvalue weighted by atomic mass is 10.1. The van der Waals surface area contributed by atoms with Crippen molar-refractivity contribution in [3.63, 3.8) is 0 Å². The van der Waals surface area contributed by atoms with Gasteiger partial charge in [0.1, 0.15) is 0 Å². The van der Waals surface area contributed by atoms with Gasteiger partial charge in [0.25, 0.3) is 0 Å². The third-order valence-electron chi connectivity index (χ3n) is 3.26. The molecule has 0 saturated carbocycles. The first-order valence-electron chi connectivity index (χ1n) is 7.10. The average Bonchev–Trinajstić information content (AvgIpc) is 3.05. The van der Waals surface area contributed by atoms with E-state index in [1.165, 1.54) is 23.6 Å². The van der Waals surface area contributed by atoms with Crippen LogP contribution in [0, 0.1) is 0 Å². The lowest BCUT2D eigenvalue weighted by molar-refractivity contribution is -0.137. The van der Waals surface area contributed by atoms with Crippen molar-refractivity contribution in [2.75, 3.05) is 5.43 Å². The molecule has 128 valence electrons. The van der Waals surface area contributed by atoms with Gasteiger partial charge in [0.2, 0.25) is 5.13 Å². The lowest BCUT2D eigenvalue weighted by Crippen LogP contribution is -2.05. The van der Waals surface area contributed by atoms with Crippen LogP contribution in [0.25, 0.3) is 11.3 Å². The van der Waals surface area contributed by atoms with Gasteiger partial charge >= 0.3 is 6.18 Å². The van der Waals surface area contributed by atoms with Crippen molar-refractivity contribution >= 4 is 38.6 Å². The highest BCUT2D eigenvalue weighted by molar-refractivity contribution is 9.10. The van der Waals surface area contributed by atoms with E-state index < -0.39 is 11.7 Å². The summed E-state index contributed by atoms with van der Waals surface area (Å²) in [5, 5.41) is 6.41. The Morgan fingerprint density at radius 1 is 1.12 bits per heavy atom. The molecule has 0 unspecified atom stereocenters. The summed E-state index contributed by atoms with van der Waals surface area (Å²) in [5.41, 5.74) is 4.13. The average molecular weight is 426 g/mol. The minimum Gasteiger partial charge on any atom is -0.253 e. The van der Waals surface area contributed by atoms with Gasteiger partial charge in [-0.05, 0) is 18.2 Å². The fourth-order valence-electron chi connectivity index (χ4n) is 2.04. The predicted octanol–water partition coefficient (Wildman–Crippen LogP) is 6.04. The highest BCUT2D eigenvalue weighted by Crippen LogP contribution is 2.31. The van der Waals surface area contributed by atoms with E-state index in [1.54, 1.807) is 0 Å². The summed E-state index contributed by atoms with van der Waals surface area (Å²) in [6.45, 7) is 0. The molecule has 3 rings (SSSR count). The third-order valence-corrected chi connectivity index (χ3v) is 4.73. The van der Waals surface area contributed by atoms with E-state index in [0.717, 1.165) is 23.4 Å². The lowest BCUT2D eigenvalue weighted by Gasteiger charge is -2.08. The Labute approximate surface area is 154 Å². The van der Waals surface area contributed by atoms with Gasteiger partial charge in [0.15, 0.2) is 0 Å². The largest absolute Gasteiger partial charge is 0.416 e. The van der Waals surface area contributed by atoms with Gasteiger partial charge < -0.3 is 0 Å². The van der Waals surface area contributed by atoms with Gasteiger partial charge in [-0.15, -0.1) is 11.3 Å². The molecule has 8 heteroatoms. The molecule has 0 amide bonds. The summed E-state index contributed by atoms with van der Waals surface area (Å²) >= 11 is 4.58. The molecule has 0 atom stereocenters. The molecule has 0 aliphatic rings. The molecule has 0 bridgehead atoms. The maximum atomic E-state index is 12.8. The Balaban J connectivity index is 1.73. The Hall–Kier alpha value is -2.19. The summed E-state index contributed by atoms with van der Waals surface area (Å²) in [4.78, 5) is 4.39. The Bertz CT molecular complexity index is 892. The van der Waals surface area contributed by atoms with Crippen LogP contribution in [0.4, 0.5) is 18.3 Å². The first-order chi connectivity index (χ1) is 11.9. The van der Waals surface area contributed by atoms with Gasteiger partial charge in [-0.1, -0.05) is 46.3 Å². The highest BCUT2D eigenvalue weighted by atomic mass is 79.9. The zero-order valence-electron chi connectivity index (χ0n) is 12.6. The first kappa shape index (κ1) is 17.6. The second-order valence-corrected chi connectivity index (χ2v) is 6.72. The van der Waals surface area contributed by atoms with Crippen molar-refractivity contribution in [2.24, 2.45) is 5.10 Å². The molecular weight excluding hydrogens is 415 g/mol. The normalized spacial score (nSPS) is 11.8. The minimum atomic E-state index is -4.39. The van der Waals surface area contributed by atoms with Crippen LogP contribution in [-0.4, -0.2) is 11.2 Å². The third kappa shape index (κ3) is 4.46. The van der Waals surface area contributed by atoms with Crippen molar-refractivity contribution in [2.45, 2.75) is 6.18 Å². The van der Waals surface area contributed by atoms with Gasteiger partial charge in [-0.3, -0.25) is 5.43 Å². The Kier molecular flexibility index (Phi) is 5.19. The topological polar surface area (TPSA) is 37.3 Å². The second-order valence-electron chi connectivity index (χ2n) is 5.01. The van der Waals surface area contributed by atoms with Crippen LogP contribution < -0.4 is 5.43 Å². The molecule has 1 N–H and O–H groups in total. The van der Waals surface area contributed by atoms with E-state index in [0.29, 0.717) is 15.2 Å². The summed E-state index contributed by atoms with van der Waals surface area (Å²) in [6.07, 6.45) is -3.07. The fraction of sp³-hybridized carbons (Fsp3) is 0.0588. The molecule has 0 spiro atoms. The van der Waals surface area contributed by atoms with E-state index in [4.69, 9.17) is 0 Å². The fourth-order valence-corrected chi connectivity index (χ4v) is 3.06. The number of alkyl halides is 3. The highest BCUT2D eigenvalue weighted by Gasteiger charge is 2.30. The van der Waals surface area contributed by atoms with Gasteiger partial charge in [0, 0.05) is 21.0 Å². The first-order valence-corrected chi connectivity index (χ1v) is 8.77. The van der Waals surface area contributed by atoms with Crippen molar-refractivity contribution < 1.29 is 13.2 Å². The molecule has 0 fully saturated rings. The van der Waals surface area contributed by atoms with Crippen LogP contribution >= 0.6 is 27.3 Å². The number of halogens is 4. The number of nitrogens with one attached hydrogen (secondary N) is 1. The maximum absolute atomic E-state index is 12.8. The molecule has 0 radical (unpaired) electrons. The van der Waals surface area contributed by atoms with Crippen molar-refractivity contribution in [1.29, 1.82) is 0 Å². The number of nitrogens with zero attached hydrogens (tertiary/aromatic N) is 2. The quantitative estimate of drug-likeness (QED) is 0.408. The standard InChI is InChI=1S/C17H11BrF3N3S/c18-14-7-6-13(17(19,20)21)8-12(14)9-22-24-16-23-15(10-25-16)11-4-2-1-3-5-11/h1-10H,(H,23,24). The molecule has 3 aromatic rings. The molecular formula is C17H11BrF3N3S. The zero-order chi connectivity index (χ0) is 17.9. The molecule has 25 heavy (non-hydrogen) atoms. The van der Waals surface area contributed by atoms with E-state index >= 15 is 0 Å². The van der Waals surface area contributed by atoms with Crippen LogP contribution in [0.5, 0.6) is 0 Å². The van der Waals surface area contributed by atoms with Crippen molar-refractivity contribution in [3.05, 3.63) is 69.5 Å². The summed E-state index contributed by atoms with van der Waals surface area (Å²) in [5.74, 6) is 0. The Morgan fingerprint density at radius 2 is 1.88 bits per heavy atom. The van der Waals surface area contributed by atoms with E-state index in [1.807, 2.05) is 35.7 Å². The number of rotatable bonds is 4. The van der Waals surface area contributed by atoms with Gasteiger partial charge in [-0.2, -0.15) is 18.3 Å². The zero-order valence-corrected chi connectivity index (χ0v) is 15.0. The van der Waals surface area contributed by atoms with Crippen LogP contribution in [0.1, 0.15) is 11.1 Å². The van der Waals surface area contributed by atoms with Crippen LogP contribution in [0.2, 0.25) is 0 Å². The second kappa shape index (κ2) is 7.37. The number of hydrogen-bond acceptors (Lipinski definition) is 4. The monoisotopic (exact) mass is 425 g/mol. The molecule has 1 aromatic heterocycles.